The van der Waals surface area contributed by atoms with Gasteiger partial charge in [0.25, 0.3) is 5.91 Å². The summed E-state index contributed by atoms with van der Waals surface area (Å²) in [7, 11) is 0. The van der Waals surface area contributed by atoms with E-state index < -0.39 is 5.97 Å². The van der Waals surface area contributed by atoms with E-state index in [2.05, 4.69) is 10.3 Å². The van der Waals surface area contributed by atoms with Crippen LogP contribution in [-0.2, 0) is 16.1 Å². The Kier molecular flexibility index (Phi) is 7.96. The third-order valence-corrected chi connectivity index (χ3v) is 6.31. The lowest BCUT2D eigenvalue weighted by Crippen LogP contribution is -2.40. The van der Waals surface area contributed by atoms with Gasteiger partial charge in [0.15, 0.2) is 0 Å². The zero-order valence-corrected chi connectivity index (χ0v) is 19.6. The highest BCUT2D eigenvalue weighted by molar-refractivity contribution is 6.31. The Morgan fingerprint density at radius 2 is 1.88 bits per heavy atom. The molecule has 2 amide bonds. The van der Waals surface area contributed by atoms with Crippen LogP contribution in [0.4, 0.5) is 0 Å². The zero-order valence-electron chi connectivity index (χ0n) is 18.8. The average Bonchev–Trinajstić information content (AvgIpc) is 3.07. The van der Waals surface area contributed by atoms with Crippen molar-refractivity contribution in [2.75, 3.05) is 19.7 Å². The Labute approximate surface area is 193 Å². The van der Waals surface area contributed by atoms with Crippen LogP contribution in [0.15, 0.2) is 24.3 Å². The summed E-state index contributed by atoms with van der Waals surface area (Å²) < 4.78 is 5.10. The second kappa shape index (κ2) is 10.7. The fourth-order valence-electron chi connectivity index (χ4n) is 4.14. The van der Waals surface area contributed by atoms with Crippen LogP contribution in [0.3, 0.4) is 0 Å². The number of hydrogen-bond donors (Lipinski definition) is 2. The van der Waals surface area contributed by atoms with E-state index in [1.165, 1.54) is 0 Å². The molecule has 8 heteroatoms. The van der Waals surface area contributed by atoms with Crippen molar-refractivity contribution >= 4 is 29.4 Å². The molecule has 0 spiro atoms. The molecule has 0 bridgehead atoms. The van der Waals surface area contributed by atoms with Crippen LogP contribution in [0.2, 0.25) is 5.02 Å². The number of aromatic nitrogens is 1. The monoisotopic (exact) mass is 459 g/mol. The molecule has 1 aliphatic heterocycles. The molecular weight excluding hydrogens is 430 g/mol. The number of esters is 1. The number of carbonyl (C=O) groups excluding carboxylic acids is 3. The van der Waals surface area contributed by atoms with E-state index in [1.54, 1.807) is 31.7 Å². The highest BCUT2D eigenvalue weighted by Gasteiger charge is 2.29. The first-order chi connectivity index (χ1) is 15.3. The van der Waals surface area contributed by atoms with E-state index in [0.717, 1.165) is 18.4 Å². The highest BCUT2D eigenvalue weighted by Crippen LogP contribution is 2.25. The average molecular weight is 460 g/mol. The summed E-state index contributed by atoms with van der Waals surface area (Å²) in [5.74, 6) is -0.321. The number of aryl methyl sites for hydroxylation is 1. The van der Waals surface area contributed by atoms with Gasteiger partial charge in [-0.1, -0.05) is 29.8 Å². The van der Waals surface area contributed by atoms with Gasteiger partial charge >= 0.3 is 5.97 Å². The van der Waals surface area contributed by atoms with E-state index in [4.69, 9.17) is 16.3 Å². The topological polar surface area (TPSA) is 91.5 Å². The van der Waals surface area contributed by atoms with Crippen molar-refractivity contribution < 1.29 is 19.1 Å². The molecule has 32 heavy (non-hydrogen) atoms. The van der Waals surface area contributed by atoms with E-state index in [9.17, 15) is 14.4 Å². The number of halogens is 1. The molecule has 1 saturated heterocycles. The molecule has 0 atom stereocenters. The number of aromatic amines is 1. The second-order valence-electron chi connectivity index (χ2n) is 8.15. The summed E-state index contributed by atoms with van der Waals surface area (Å²) in [5.41, 5.74) is 3.00. The smallest absolute Gasteiger partial charge is 0.340 e. The minimum atomic E-state index is -0.417. The van der Waals surface area contributed by atoms with Crippen molar-refractivity contribution in [2.24, 2.45) is 5.92 Å². The SMILES string of the molecule is CCOC(=O)c1c(C)[nH]c(C(=O)N2CCC(CC(=O)NCc3ccccc3Cl)CC2)c1C. The molecule has 1 aliphatic rings. The van der Waals surface area contributed by atoms with E-state index in [1.807, 2.05) is 18.2 Å². The van der Waals surface area contributed by atoms with E-state index >= 15 is 0 Å². The van der Waals surface area contributed by atoms with Gasteiger partial charge in [0.2, 0.25) is 5.91 Å². The predicted octanol–water partition coefficient (Wildman–Crippen LogP) is 4.02. The maximum Gasteiger partial charge on any atom is 0.340 e. The fraction of sp³-hybridized carbons (Fsp3) is 0.458. The Bertz CT molecular complexity index is 993. The van der Waals surface area contributed by atoms with Crippen LogP contribution in [0.5, 0.6) is 0 Å². The van der Waals surface area contributed by atoms with Crippen molar-refractivity contribution in [3.63, 3.8) is 0 Å². The molecule has 7 nitrogen and oxygen atoms in total. The van der Waals surface area contributed by atoms with Gasteiger partial charge < -0.3 is 19.9 Å². The molecule has 0 radical (unpaired) electrons. The summed E-state index contributed by atoms with van der Waals surface area (Å²) in [6.45, 7) is 7.13. The zero-order chi connectivity index (χ0) is 23.3. The molecule has 2 N–H and O–H groups in total. The summed E-state index contributed by atoms with van der Waals surface area (Å²) in [6.07, 6.45) is 1.95. The standard InChI is InChI=1S/C24H30ClN3O4/c1-4-32-24(31)21-15(2)22(27-16(21)3)23(30)28-11-9-17(10-12-28)13-20(29)26-14-18-7-5-6-8-19(18)25/h5-8,17,27H,4,9-14H2,1-3H3,(H,26,29). The Balaban J connectivity index is 1.52. The van der Waals surface area contributed by atoms with Gasteiger partial charge in [-0.15, -0.1) is 0 Å². The fourth-order valence-corrected chi connectivity index (χ4v) is 4.34. The van der Waals surface area contributed by atoms with Crippen LogP contribution in [-0.4, -0.2) is 47.4 Å². The third kappa shape index (κ3) is 5.51. The van der Waals surface area contributed by atoms with Gasteiger partial charge in [0.1, 0.15) is 5.69 Å². The maximum atomic E-state index is 13.0. The first-order valence-electron chi connectivity index (χ1n) is 11.0. The molecule has 0 saturated carbocycles. The maximum absolute atomic E-state index is 13.0. The number of H-pyrrole nitrogens is 1. The highest BCUT2D eigenvalue weighted by atomic mass is 35.5. The number of benzene rings is 1. The lowest BCUT2D eigenvalue weighted by Gasteiger charge is -2.31. The lowest BCUT2D eigenvalue weighted by molar-refractivity contribution is -0.122. The molecule has 3 rings (SSSR count). The van der Waals surface area contributed by atoms with Gasteiger partial charge in [0.05, 0.1) is 12.2 Å². The van der Waals surface area contributed by atoms with Crippen molar-refractivity contribution in [3.8, 4) is 0 Å². The first kappa shape index (κ1) is 23.9. The molecule has 1 aromatic heterocycles. The van der Waals surface area contributed by atoms with Gasteiger partial charge in [0, 0.05) is 36.8 Å². The number of piperidine rings is 1. The van der Waals surface area contributed by atoms with E-state index in [0.29, 0.717) is 53.6 Å². The van der Waals surface area contributed by atoms with E-state index in [-0.39, 0.29) is 24.3 Å². The number of rotatable bonds is 7. The van der Waals surface area contributed by atoms with Crippen molar-refractivity contribution in [2.45, 2.75) is 46.6 Å². The van der Waals surface area contributed by atoms with Crippen molar-refractivity contribution in [1.29, 1.82) is 0 Å². The Morgan fingerprint density at radius 3 is 2.53 bits per heavy atom. The number of ether oxygens (including phenoxy) is 1. The second-order valence-corrected chi connectivity index (χ2v) is 8.56. The normalized spacial score (nSPS) is 14.3. The number of amides is 2. The molecular formula is C24H30ClN3O4. The molecule has 0 unspecified atom stereocenters. The molecule has 172 valence electrons. The molecule has 0 aliphatic carbocycles. The van der Waals surface area contributed by atoms with Crippen molar-refractivity contribution in [1.82, 2.24) is 15.2 Å². The number of carbonyl (C=O) groups is 3. The summed E-state index contributed by atoms with van der Waals surface area (Å²) in [6, 6.07) is 7.45. The molecule has 1 aromatic carbocycles. The van der Waals surface area contributed by atoms with Crippen molar-refractivity contribution in [3.05, 3.63) is 57.4 Å². The largest absolute Gasteiger partial charge is 0.462 e. The van der Waals surface area contributed by atoms with Crippen LogP contribution >= 0.6 is 11.6 Å². The number of likely N-dealkylation sites (tertiary alicyclic amines) is 1. The molecule has 2 heterocycles. The first-order valence-corrected chi connectivity index (χ1v) is 11.3. The van der Waals surface area contributed by atoms with Gasteiger partial charge in [-0.3, -0.25) is 9.59 Å². The molecule has 2 aromatic rings. The van der Waals surface area contributed by atoms with Gasteiger partial charge in [-0.05, 0) is 56.7 Å². The van der Waals surface area contributed by atoms with Gasteiger partial charge in [-0.2, -0.15) is 0 Å². The third-order valence-electron chi connectivity index (χ3n) is 5.94. The minimum Gasteiger partial charge on any atom is -0.462 e. The van der Waals surface area contributed by atoms with Crippen LogP contribution in [0.1, 0.15) is 63.9 Å². The number of hydrogen-bond acceptors (Lipinski definition) is 4. The Hall–Kier alpha value is -2.80. The summed E-state index contributed by atoms with van der Waals surface area (Å²) >= 11 is 6.13. The van der Waals surface area contributed by atoms with Crippen LogP contribution < -0.4 is 5.32 Å². The quantitative estimate of drug-likeness (QED) is 0.612. The number of nitrogens with zero attached hydrogens (tertiary/aromatic N) is 1. The summed E-state index contributed by atoms with van der Waals surface area (Å²) in [5, 5.41) is 3.57. The predicted molar refractivity (Wildman–Crippen MR) is 123 cm³/mol. The Morgan fingerprint density at radius 1 is 1.19 bits per heavy atom. The summed E-state index contributed by atoms with van der Waals surface area (Å²) in [4.78, 5) is 42.4. The van der Waals surface area contributed by atoms with Gasteiger partial charge in [-0.25, -0.2) is 4.79 Å². The lowest BCUT2D eigenvalue weighted by atomic mass is 9.93. The van der Waals surface area contributed by atoms with Crippen LogP contribution in [0.25, 0.3) is 0 Å². The van der Waals surface area contributed by atoms with Crippen LogP contribution in [0, 0.1) is 19.8 Å². The minimum absolute atomic E-state index is 0.00962. The number of nitrogens with one attached hydrogen (secondary N) is 2. The molecule has 1 fully saturated rings.